The van der Waals surface area contributed by atoms with E-state index in [1.54, 1.807) is 22.8 Å². The second-order valence-corrected chi connectivity index (χ2v) is 6.97. The van der Waals surface area contributed by atoms with Crippen LogP contribution in [0.15, 0.2) is 30.3 Å². The first-order valence-electron chi connectivity index (χ1n) is 9.20. The van der Waals surface area contributed by atoms with Gasteiger partial charge in [-0.25, -0.2) is 4.68 Å². The molecule has 1 saturated heterocycles. The highest BCUT2D eigenvalue weighted by molar-refractivity contribution is 5.92. The molecule has 1 atom stereocenters. The summed E-state index contributed by atoms with van der Waals surface area (Å²) >= 11 is 0. The van der Waals surface area contributed by atoms with Gasteiger partial charge in [-0.2, -0.15) is 5.10 Å². The standard InChI is InChI=1S/C20H25N3O4/c1-14-12-18(21-23(14)16-6-8-17(27-2)9-7-16)20(26)22-11-3-4-15(13-22)5-10-19(24)25/h6-9,12,15H,3-5,10-11,13H2,1-2H3,(H,24,25). The topological polar surface area (TPSA) is 84.7 Å². The molecule has 0 saturated carbocycles. The van der Waals surface area contributed by atoms with Crippen LogP contribution in [0.3, 0.4) is 0 Å². The van der Waals surface area contributed by atoms with Crippen LogP contribution in [0, 0.1) is 12.8 Å². The van der Waals surface area contributed by atoms with Crippen LogP contribution in [0.4, 0.5) is 0 Å². The zero-order chi connectivity index (χ0) is 19.4. The second-order valence-electron chi connectivity index (χ2n) is 6.97. The van der Waals surface area contributed by atoms with Gasteiger partial charge in [-0.1, -0.05) is 0 Å². The molecule has 1 unspecified atom stereocenters. The third kappa shape index (κ3) is 4.48. The van der Waals surface area contributed by atoms with Gasteiger partial charge in [-0.15, -0.1) is 0 Å². The van der Waals surface area contributed by atoms with Crippen molar-refractivity contribution in [3.8, 4) is 11.4 Å². The molecule has 1 aromatic carbocycles. The van der Waals surface area contributed by atoms with E-state index in [2.05, 4.69) is 5.10 Å². The summed E-state index contributed by atoms with van der Waals surface area (Å²) in [5, 5.41) is 13.4. The Labute approximate surface area is 158 Å². The quantitative estimate of drug-likeness (QED) is 0.844. The molecular weight excluding hydrogens is 346 g/mol. The Morgan fingerprint density at radius 1 is 1.30 bits per heavy atom. The van der Waals surface area contributed by atoms with Gasteiger partial charge >= 0.3 is 5.97 Å². The minimum atomic E-state index is -0.785. The Morgan fingerprint density at radius 3 is 2.70 bits per heavy atom. The normalized spacial score (nSPS) is 17.0. The number of amides is 1. The molecule has 1 amide bonds. The van der Waals surface area contributed by atoms with E-state index >= 15 is 0 Å². The monoisotopic (exact) mass is 371 g/mol. The molecule has 7 nitrogen and oxygen atoms in total. The van der Waals surface area contributed by atoms with Crippen molar-refractivity contribution < 1.29 is 19.4 Å². The lowest BCUT2D eigenvalue weighted by molar-refractivity contribution is -0.137. The van der Waals surface area contributed by atoms with Crippen molar-refractivity contribution in [1.29, 1.82) is 0 Å². The summed E-state index contributed by atoms with van der Waals surface area (Å²) in [5.74, 6) is 0.127. The number of nitrogens with zero attached hydrogens (tertiary/aromatic N) is 3. The van der Waals surface area contributed by atoms with Gasteiger partial charge in [0, 0.05) is 25.2 Å². The molecule has 144 valence electrons. The van der Waals surface area contributed by atoms with Crippen molar-refractivity contribution >= 4 is 11.9 Å². The molecule has 1 aliphatic rings. The van der Waals surface area contributed by atoms with Crippen LogP contribution in [0.2, 0.25) is 0 Å². The smallest absolute Gasteiger partial charge is 0.303 e. The molecule has 7 heteroatoms. The van der Waals surface area contributed by atoms with Crippen molar-refractivity contribution in [3.05, 3.63) is 41.7 Å². The van der Waals surface area contributed by atoms with E-state index in [1.807, 2.05) is 31.2 Å². The number of rotatable bonds is 6. The zero-order valence-electron chi connectivity index (χ0n) is 15.7. The van der Waals surface area contributed by atoms with Gasteiger partial charge in [0.2, 0.25) is 0 Å². The Morgan fingerprint density at radius 2 is 2.04 bits per heavy atom. The maximum Gasteiger partial charge on any atom is 0.303 e. The Kier molecular flexibility index (Phi) is 5.78. The fourth-order valence-corrected chi connectivity index (χ4v) is 3.54. The number of likely N-dealkylation sites (tertiary alicyclic amines) is 1. The second kappa shape index (κ2) is 8.24. The highest BCUT2D eigenvalue weighted by Crippen LogP contribution is 2.23. The maximum atomic E-state index is 12.9. The SMILES string of the molecule is COc1ccc(-n2nc(C(=O)N3CCCC(CCC(=O)O)C3)cc2C)cc1. The third-order valence-corrected chi connectivity index (χ3v) is 5.00. The number of aryl methyl sites for hydroxylation is 1. The number of carbonyl (C=O) groups excluding carboxylic acids is 1. The maximum absolute atomic E-state index is 12.9. The van der Waals surface area contributed by atoms with E-state index < -0.39 is 5.97 Å². The molecule has 27 heavy (non-hydrogen) atoms. The molecule has 0 spiro atoms. The van der Waals surface area contributed by atoms with Gasteiger partial charge in [0.1, 0.15) is 5.75 Å². The van der Waals surface area contributed by atoms with Crippen molar-refractivity contribution in [3.63, 3.8) is 0 Å². The van der Waals surface area contributed by atoms with Crippen LogP contribution in [0.1, 0.15) is 41.9 Å². The van der Waals surface area contributed by atoms with Crippen LogP contribution in [0.25, 0.3) is 5.69 Å². The predicted octanol–water partition coefficient (Wildman–Crippen LogP) is 2.91. The molecule has 1 aromatic heterocycles. The zero-order valence-corrected chi connectivity index (χ0v) is 15.7. The van der Waals surface area contributed by atoms with Gasteiger partial charge in [0.25, 0.3) is 5.91 Å². The van der Waals surface area contributed by atoms with E-state index in [9.17, 15) is 9.59 Å². The molecule has 1 aliphatic heterocycles. The molecule has 3 rings (SSSR count). The van der Waals surface area contributed by atoms with Crippen molar-refractivity contribution in [2.24, 2.45) is 5.92 Å². The number of hydrogen-bond donors (Lipinski definition) is 1. The fourth-order valence-electron chi connectivity index (χ4n) is 3.54. The number of carboxylic acid groups (broad SMARTS) is 1. The lowest BCUT2D eigenvalue weighted by Crippen LogP contribution is -2.40. The van der Waals surface area contributed by atoms with Crippen LogP contribution in [0.5, 0.6) is 5.75 Å². The average Bonchev–Trinajstić information content (AvgIpc) is 3.07. The minimum absolute atomic E-state index is 0.0922. The number of aromatic nitrogens is 2. The highest BCUT2D eigenvalue weighted by atomic mass is 16.5. The largest absolute Gasteiger partial charge is 0.497 e. The molecule has 0 aliphatic carbocycles. The first-order valence-corrected chi connectivity index (χ1v) is 9.20. The molecular formula is C20H25N3O4. The lowest BCUT2D eigenvalue weighted by Gasteiger charge is -2.32. The van der Waals surface area contributed by atoms with Gasteiger partial charge in [-0.3, -0.25) is 9.59 Å². The van der Waals surface area contributed by atoms with Crippen LogP contribution in [-0.2, 0) is 4.79 Å². The Hall–Kier alpha value is -2.83. The van der Waals surface area contributed by atoms with Gasteiger partial charge in [0.15, 0.2) is 5.69 Å². The van der Waals surface area contributed by atoms with Gasteiger partial charge in [-0.05, 0) is 62.4 Å². The molecule has 2 aromatic rings. The lowest BCUT2D eigenvalue weighted by atomic mass is 9.93. The number of hydrogen-bond acceptors (Lipinski definition) is 4. The molecule has 0 bridgehead atoms. The Balaban J connectivity index is 1.72. The summed E-state index contributed by atoms with van der Waals surface area (Å²) in [4.78, 5) is 25.5. The number of carbonyl (C=O) groups is 2. The predicted molar refractivity (Wildman–Crippen MR) is 100 cm³/mol. The van der Waals surface area contributed by atoms with Crippen molar-refractivity contribution in [2.75, 3.05) is 20.2 Å². The Bertz CT molecular complexity index is 813. The van der Waals surface area contributed by atoms with Crippen molar-refractivity contribution in [1.82, 2.24) is 14.7 Å². The van der Waals surface area contributed by atoms with E-state index in [0.29, 0.717) is 25.2 Å². The first kappa shape index (κ1) is 18.9. The van der Waals surface area contributed by atoms with Crippen molar-refractivity contribution in [2.45, 2.75) is 32.6 Å². The summed E-state index contributed by atoms with van der Waals surface area (Å²) in [5.41, 5.74) is 2.16. The number of benzene rings is 1. The van der Waals surface area contributed by atoms with Crippen LogP contribution < -0.4 is 4.74 Å². The summed E-state index contributed by atoms with van der Waals surface area (Å²) in [7, 11) is 1.62. The third-order valence-electron chi connectivity index (χ3n) is 5.00. The summed E-state index contributed by atoms with van der Waals surface area (Å²) < 4.78 is 6.92. The first-order chi connectivity index (χ1) is 13.0. The minimum Gasteiger partial charge on any atom is -0.497 e. The van der Waals surface area contributed by atoms with Crippen LogP contribution in [-0.4, -0.2) is 51.9 Å². The fraction of sp³-hybridized carbons (Fsp3) is 0.450. The van der Waals surface area contributed by atoms with E-state index in [1.165, 1.54) is 0 Å². The summed E-state index contributed by atoms with van der Waals surface area (Å²) in [6, 6.07) is 9.31. The average molecular weight is 371 g/mol. The van der Waals surface area contributed by atoms with Crippen LogP contribution >= 0.6 is 0 Å². The van der Waals surface area contributed by atoms with E-state index in [4.69, 9.17) is 9.84 Å². The molecule has 0 radical (unpaired) electrons. The number of piperidine rings is 1. The summed E-state index contributed by atoms with van der Waals surface area (Å²) in [6.45, 7) is 3.21. The highest BCUT2D eigenvalue weighted by Gasteiger charge is 2.26. The summed E-state index contributed by atoms with van der Waals surface area (Å²) in [6.07, 6.45) is 2.63. The van der Waals surface area contributed by atoms with E-state index in [-0.39, 0.29) is 18.2 Å². The number of ether oxygens (including phenoxy) is 1. The molecule has 1 fully saturated rings. The molecule has 2 heterocycles. The van der Waals surface area contributed by atoms with Gasteiger partial charge in [0.05, 0.1) is 12.8 Å². The number of methoxy groups -OCH3 is 1. The molecule has 1 N–H and O–H groups in total. The van der Waals surface area contributed by atoms with E-state index in [0.717, 1.165) is 30.0 Å². The number of carboxylic acids is 1. The van der Waals surface area contributed by atoms with Gasteiger partial charge < -0.3 is 14.7 Å². The number of aliphatic carboxylic acids is 1.